The third-order valence-electron chi connectivity index (χ3n) is 3.73. The Morgan fingerprint density at radius 1 is 1.00 bits per heavy atom. The summed E-state index contributed by atoms with van der Waals surface area (Å²) in [6, 6.07) is -0.0875. The van der Waals surface area contributed by atoms with E-state index in [4.69, 9.17) is 0 Å². The molecule has 0 spiro atoms. The van der Waals surface area contributed by atoms with Crippen molar-refractivity contribution in [3.05, 3.63) is 0 Å². The number of alkyl halides is 5. The smallest absolute Gasteiger partial charge is 0.336 e. The van der Waals surface area contributed by atoms with Crippen LogP contribution in [0, 0.1) is 0 Å². The van der Waals surface area contributed by atoms with Crippen LogP contribution >= 0.6 is 0 Å². The number of rotatable bonds is 2. The van der Waals surface area contributed by atoms with Crippen LogP contribution in [0.15, 0.2) is 0 Å². The number of amides is 1. The summed E-state index contributed by atoms with van der Waals surface area (Å²) in [4.78, 5) is 14.0. The average Bonchev–Trinajstić information content (AvgIpc) is 2.97. The molecule has 0 aliphatic carbocycles. The zero-order valence-electron chi connectivity index (χ0n) is 10.2. The molecule has 0 radical (unpaired) electrons. The molecule has 0 bridgehead atoms. The summed E-state index contributed by atoms with van der Waals surface area (Å²) in [5.41, 5.74) is 0. The maximum absolute atomic E-state index is 13.0. The van der Waals surface area contributed by atoms with Gasteiger partial charge in [-0.15, -0.1) is 0 Å². The molecular weight excluding hydrogens is 271 g/mol. The highest BCUT2D eigenvalue weighted by Crippen LogP contribution is 2.37. The number of hydrogen-bond donors (Lipinski definition) is 0. The Balaban J connectivity index is 1.98. The van der Waals surface area contributed by atoms with Crippen LogP contribution in [-0.2, 0) is 4.79 Å². The van der Waals surface area contributed by atoms with E-state index in [1.807, 2.05) is 0 Å². The summed E-state index contributed by atoms with van der Waals surface area (Å²) >= 11 is 0. The molecule has 2 aliphatic heterocycles. The maximum Gasteiger partial charge on any atom is 0.463 e. The average molecular weight is 286 g/mol. The molecule has 1 amide bonds. The van der Waals surface area contributed by atoms with Gasteiger partial charge in [-0.2, -0.15) is 22.0 Å². The van der Waals surface area contributed by atoms with Gasteiger partial charge in [0.25, 0.3) is 0 Å². The number of hydrogen-bond acceptors (Lipinski definition) is 2. The Hall–Kier alpha value is -0.920. The van der Waals surface area contributed by atoms with Gasteiger partial charge in [-0.3, -0.25) is 9.69 Å². The van der Waals surface area contributed by atoms with Crippen molar-refractivity contribution in [2.75, 3.05) is 26.2 Å². The van der Waals surface area contributed by atoms with Gasteiger partial charge < -0.3 is 4.90 Å². The molecule has 3 nitrogen and oxygen atoms in total. The number of carbonyl (C=O) groups is 1. The fraction of sp³-hybridized carbons (Fsp3) is 0.909. The molecule has 2 heterocycles. The number of halogens is 5. The molecule has 0 aromatic heterocycles. The molecule has 8 heteroatoms. The fourth-order valence-corrected chi connectivity index (χ4v) is 2.65. The maximum atomic E-state index is 13.0. The molecule has 19 heavy (non-hydrogen) atoms. The van der Waals surface area contributed by atoms with Crippen LogP contribution in [-0.4, -0.2) is 60.0 Å². The highest BCUT2D eigenvalue weighted by molar-refractivity contribution is 5.84. The van der Waals surface area contributed by atoms with Crippen LogP contribution in [0.2, 0.25) is 0 Å². The normalized spacial score (nSPS) is 26.2. The lowest BCUT2D eigenvalue weighted by molar-refractivity contribution is -0.274. The van der Waals surface area contributed by atoms with Crippen molar-refractivity contribution in [2.45, 2.75) is 37.4 Å². The third-order valence-corrected chi connectivity index (χ3v) is 3.73. The van der Waals surface area contributed by atoms with Crippen molar-refractivity contribution in [3.8, 4) is 0 Å². The van der Waals surface area contributed by atoms with Crippen LogP contribution in [0.5, 0.6) is 0 Å². The van der Waals surface area contributed by atoms with E-state index < -0.39 is 18.0 Å². The summed E-state index contributed by atoms with van der Waals surface area (Å²) in [7, 11) is 0. The fourth-order valence-electron chi connectivity index (χ4n) is 2.65. The van der Waals surface area contributed by atoms with Crippen molar-refractivity contribution in [2.24, 2.45) is 0 Å². The monoisotopic (exact) mass is 286 g/mol. The van der Waals surface area contributed by atoms with Gasteiger partial charge in [0.05, 0.1) is 0 Å². The van der Waals surface area contributed by atoms with Crippen LogP contribution in [0.3, 0.4) is 0 Å². The number of likely N-dealkylation sites (tertiary alicyclic amines) is 2. The first-order chi connectivity index (χ1) is 8.73. The first kappa shape index (κ1) is 14.5. The minimum absolute atomic E-state index is 0.0360. The molecule has 2 saturated heterocycles. The Labute approximate surface area is 107 Å². The van der Waals surface area contributed by atoms with E-state index in [-0.39, 0.29) is 19.1 Å². The van der Waals surface area contributed by atoms with Crippen molar-refractivity contribution in [1.29, 1.82) is 0 Å². The quantitative estimate of drug-likeness (QED) is 0.724. The third kappa shape index (κ3) is 2.68. The first-order valence-corrected chi connectivity index (χ1v) is 6.21. The summed E-state index contributed by atoms with van der Waals surface area (Å²) < 4.78 is 62.3. The van der Waals surface area contributed by atoms with E-state index >= 15 is 0 Å². The SMILES string of the molecule is O=C(N1CCC(N2CCCC2)C1)C(F)(F)C(F)(F)F. The predicted octanol–water partition coefficient (Wildman–Crippen LogP) is 1.88. The molecule has 0 aromatic rings. The van der Waals surface area contributed by atoms with E-state index in [0.717, 1.165) is 25.9 Å². The van der Waals surface area contributed by atoms with Gasteiger partial charge in [0, 0.05) is 19.1 Å². The minimum Gasteiger partial charge on any atom is -0.336 e. The lowest BCUT2D eigenvalue weighted by Crippen LogP contribution is -2.52. The van der Waals surface area contributed by atoms with E-state index in [1.54, 1.807) is 0 Å². The summed E-state index contributed by atoms with van der Waals surface area (Å²) in [5, 5.41) is 0. The van der Waals surface area contributed by atoms with Gasteiger partial charge in [0.1, 0.15) is 0 Å². The molecule has 0 saturated carbocycles. The lowest BCUT2D eigenvalue weighted by atomic mass is 10.2. The summed E-state index contributed by atoms with van der Waals surface area (Å²) in [6.45, 7) is 1.57. The van der Waals surface area contributed by atoms with Crippen LogP contribution in [0.1, 0.15) is 19.3 Å². The Morgan fingerprint density at radius 2 is 1.58 bits per heavy atom. The van der Waals surface area contributed by atoms with Crippen molar-refractivity contribution in [1.82, 2.24) is 9.80 Å². The van der Waals surface area contributed by atoms with Gasteiger partial charge in [0.15, 0.2) is 0 Å². The zero-order valence-corrected chi connectivity index (χ0v) is 10.2. The molecule has 1 unspecified atom stereocenters. The zero-order chi connectivity index (χ0) is 14.3. The summed E-state index contributed by atoms with van der Waals surface area (Å²) in [6.07, 6.45) is -3.36. The molecule has 0 N–H and O–H groups in total. The van der Waals surface area contributed by atoms with Crippen molar-refractivity contribution < 1.29 is 26.7 Å². The first-order valence-electron chi connectivity index (χ1n) is 6.21. The van der Waals surface area contributed by atoms with Gasteiger partial charge in [-0.1, -0.05) is 0 Å². The second-order valence-corrected chi connectivity index (χ2v) is 5.01. The van der Waals surface area contributed by atoms with Gasteiger partial charge in [0.2, 0.25) is 0 Å². The van der Waals surface area contributed by atoms with Crippen LogP contribution < -0.4 is 0 Å². The lowest BCUT2D eigenvalue weighted by Gasteiger charge is -2.26. The van der Waals surface area contributed by atoms with Crippen LogP contribution in [0.25, 0.3) is 0 Å². The Morgan fingerprint density at radius 3 is 2.11 bits per heavy atom. The molecule has 2 rings (SSSR count). The molecule has 1 atom stereocenters. The van der Waals surface area contributed by atoms with Gasteiger partial charge in [-0.05, 0) is 32.4 Å². The minimum atomic E-state index is -5.82. The number of carbonyl (C=O) groups excluding carboxylic acids is 1. The van der Waals surface area contributed by atoms with E-state index in [1.165, 1.54) is 0 Å². The second kappa shape index (κ2) is 4.88. The predicted molar refractivity (Wildman–Crippen MR) is 56.8 cm³/mol. The van der Waals surface area contributed by atoms with Gasteiger partial charge >= 0.3 is 18.0 Å². The van der Waals surface area contributed by atoms with Crippen molar-refractivity contribution in [3.63, 3.8) is 0 Å². The van der Waals surface area contributed by atoms with Crippen LogP contribution in [0.4, 0.5) is 22.0 Å². The largest absolute Gasteiger partial charge is 0.463 e. The van der Waals surface area contributed by atoms with Crippen molar-refractivity contribution >= 4 is 5.91 Å². The molecule has 2 aliphatic rings. The molecule has 110 valence electrons. The number of nitrogens with zero attached hydrogens (tertiary/aromatic N) is 2. The van der Waals surface area contributed by atoms with E-state index in [0.29, 0.717) is 11.3 Å². The van der Waals surface area contributed by atoms with E-state index in [2.05, 4.69) is 4.90 Å². The molecular formula is C11H15F5N2O. The second-order valence-electron chi connectivity index (χ2n) is 5.01. The van der Waals surface area contributed by atoms with Gasteiger partial charge in [-0.25, -0.2) is 0 Å². The highest BCUT2D eigenvalue weighted by Gasteiger charge is 2.65. The van der Waals surface area contributed by atoms with E-state index in [9.17, 15) is 26.7 Å². The Kier molecular flexibility index (Phi) is 3.72. The highest BCUT2D eigenvalue weighted by atomic mass is 19.4. The molecule has 2 fully saturated rings. The molecule has 0 aromatic carbocycles. The topological polar surface area (TPSA) is 23.6 Å². The summed E-state index contributed by atoms with van der Waals surface area (Å²) in [5.74, 6) is -7.41. The standard InChI is InChI=1S/C11H15F5N2O/c12-10(13,11(14,15)16)9(19)18-6-3-8(7-18)17-4-1-2-5-17/h8H,1-7H2. The Bertz CT molecular complexity index is 351.